The van der Waals surface area contributed by atoms with Gasteiger partial charge in [-0.1, -0.05) is 30.3 Å². The Hall–Kier alpha value is -2.09. The van der Waals surface area contributed by atoms with Crippen molar-refractivity contribution in [1.29, 1.82) is 0 Å². The highest BCUT2D eigenvalue weighted by Gasteiger charge is 1.94. The minimum atomic E-state index is 0.677. The molecule has 0 radical (unpaired) electrons. The van der Waals surface area contributed by atoms with Crippen molar-refractivity contribution in [2.24, 2.45) is 0 Å². The second kappa shape index (κ2) is 4.42. The predicted octanol–water partition coefficient (Wildman–Crippen LogP) is 3.24. The molecule has 0 saturated heterocycles. The monoisotopic (exact) mass is 197 g/mol. The average Bonchev–Trinajstić information content (AvgIpc) is 2.31. The summed E-state index contributed by atoms with van der Waals surface area (Å²) in [5.41, 5.74) is 2.61. The van der Waals surface area contributed by atoms with Crippen LogP contribution >= 0.6 is 0 Å². The molecular formula is C13H11NO. The lowest BCUT2D eigenvalue weighted by molar-refractivity contribution is 0.112. The molecule has 0 heterocycles. The van der Waals surface area contributed by atoms with E-state index in [2.05, 4.69) is 5.32 Å². The van der Waals surface area contributed by atoms with Crippen molar-refractivity contribution in [2.75, 3.05) is 5.32 Å². The summed E-state index contributed by atoms with van der Waals surface area (Å²) in [6.45, 7) is 0. The molecule has 0 aliphatic heterocycles. The van der Waals surface area contributed by atoms with Gasteiger partial charge in [-0.2, -0.15) is 0 Å². The lowest BCUT2D eigenvalue weighted by Gasteiger charge is -2.05. The minimum absolute atomic E-state index is 0.677. The Morgan fingerprint density at radius 3 is 2.33 bits per heavy atom. The summed E-state index contributed by atoms with van der Waals surface area (Å²) < 4.78 is 0. The second-order valence-corrected chi connectivity index (χ2v) is 3.23. The summed E-state index contributed by atoms with van der Waals surface area (Å²) in [5.74, 6) is 0. The maximum Gasteiger partial charge on any atom is 0.150 e. The Morgan fingerprint density at radius 1 is 0.867 bits per heavy atom. The van der Waals surface area contributed by atoms with Gasteiger partial charge in [-0.3, -0.25) is 4.79 Å². The molecule has 0 saturated carbocycles. The average molecular weight is 197 g/mol. The Morgan fingerprint density at radius 2 is 1.60 bits per heavy atom. The first-order chi connectivity index (χ1) is 7.38. The van der Waals surface area contributed by atoms with Crippen LogP contribution in [0.25, 0.3) is 0 Å². The van der Waals surface area contributed by atoms with Gasteiger partial charge in [0.15, 0.2) is 0 Å². The second-order valence-electron chi connectivity index (χ2n) is 3.23. The third kappa shape index (κ3) is 2.44. The predicted molar refractivity (Wildman–Crippen MR) is 61.6 cm³/mol. The van der Waals surface area contributed by atoms with Crippen molar-refractivity contribution in [2.45, 2.75) is 0 Å². The van der Waals surface area contributed by atoms with E-state index in [0.717, 1.165) is 17.7 Å². The molecule has 0 aromatic heterocycles. The van der Waals surface area contributed by atoms with Crippen molar-refractivity contribution in [3.8, 4) is 0 Å². The van der Waals surface area contributed by atoms with Gasteiger partial charge in [-0.15, -0.1) is 0 Å². The number of nitrogens with one attached hydrogen (secondary N) is 1. The van der Waals surface area contributed by atoms with Gasteiger partial charge < -0.3 is 5.32 Å². The molecule has 74 valence electrons. The zero-order valence-electron chi connectivity index (χ0n) is 8.18. The molecular weight excluding hydrogens is 186 g/mol. The molecule has 0 aliphatic rings. The van der Waals surface area contributed by atoms with E-state index in [1.165, 1.54) is 0 Å². The number of hydrogen-bond donors (Lipinski definition) is 1. The van der Waals surface area contributed by atoms with Crippen molar-refractivity contribution < 1.29 is 4.79 Å². The fraction of sp³-hybridized carbons (Fsp3) is 0. The highest BCUT2D eigenvalue weighted by atomic mass is 16.1. The molecule has 2 aromatic rings. The topological polar surface area (TPSA) is 29.1 Å². The SMILES string of the molecule is O=Cc1cccc(Nc2ccccc2)c1. The molecule has 0 aliphatic carbocycles. The van der Waals surface area contributed by atoms with Crippen LogP contribution in [0.3, 0.4) is 0 Å². The van der Waals surface area contributed by atoms with Gasteiger partial charge in [-0.05, 0) is 24.3 Å². The Labute approximate surface area is 88.6 Å². The fourth-order valence-electron chi connectivity index (χ4n) is 1.38. The van der Waals surface area contributed by atoms with E-state index in [0.29, 0.717) is 5.56 Å². The molecule has 0 unspecified atom stereocenters. The number of carbonyl (C=O) groups is 1. The smallest absolute Gasteiger partial charge is 0.150 e. The summed E-state index contributed by atoms with van der Waals surface area (Å²) in [4.78, 5) is 10.6. The standard InChI is InChI=1S/C13H11NO/c15-10-11-5-4-8-13(9-11)14-12-6-2-1-3-7-12/h1-10,14H. The molecule has 0 amide bonds. The van der Waals surface area contributed by atoms with Gasteiger partial charge in [0.05, 0.1) is 0 Å². The van der Waals surface area contributed by atoms with Crippen LogP contribution in [0.15, 0.2) is 54.6 Å². The van der Waals surface area contributed by atoms with Crippen LogP contribution in [0.2, 0.25) is 0 Å². The van der Waals surface area contributed by atoms with E-state index in [9.17, 15) is 4.79 Å². The summed E-state index contributed by atoms with van der Waals surface area (Å²) in [6, 6.07) is 17.2. The van der Waals surface area contributed by atoms with E-state index in [1.54, 1.807) is 6.07 Å². The number of para-hydroxylation sites is 1. The zero-order valence-corrected chi connectivity index (χ0v) is 8.18. The van der Waals surface area contributed by atoms with E-state index in [1.807, 2.05) is 48.5 Å². The van der Waals surface area contributed by atoms with Crippen LogP contribution in [0, 0.1) is 0 Å². The number of rotatable bonds is 3. The van der Waals surface area contributed by atoms with Gasteiger partial charge in [-0.25, -0.2) is 0 Å². The third-order valence-corrected chi connectivity index (χ3v) is 2.09. The summed E-state index contributed by atoms with van der Waals surface area (Å²) in [5, 5.41) is 3.22. The first-order valence-electron chi connectivity index (χ1n) is 4.76. The number of anilines is 2. The van der Waals surface area contributed by atoms with E-state index in [-0.39, 0.29) is 0 Å². The molecule has 15 heavy (non-hydrogen) atoms. The number of carbonyl (C=O) groups excluding carboxylic acids is 1. The molecule has 0 fully saturated rings. The molecule has 2 nitrogen and oxygen atoms in total. The van der Waals surface area contributed by atoms with Crippen LogP contribution in [-0.2, 0) is 0 Å². The van der Waals surface area contributed by atoms with E-state index >= 15 is 0 Å². The summed E-state index contributed by atoms with van der Waals surface area (Å²) >= 11 is 0. The lowest BCUT2D eigenvalue weighted by Crippen LogP contribution is -1.90. The highest BCUT2D eigenvalue weighted by Crippen LogP contribution is 2.16. The Bertz CT molecular complexity index is 451. The van der Waals surface area contributed by atoms with Crippen LogP contribution in [0.1, 0.15) is 10.4 Å². The number of benzene rings is 2. The van der Waals surface area contributed by atoms with Gasteiger partial charge >= 0.3 is 0 Å². The van der Waals surface area contributed by atoms with Gasteiger partial charge in [0.1, 0.15) is 6.29 Å². The Kier molecular flexibility index (Phi) is 2.79. The maximum absolute atomic E-state index is 10.6. The number of hydrogen-bond acceptors (Lipinski definition) is 2. The fourth-order valence-corrected chi connectivity index (χ4v) is 1.38. The molecule has 2 aromatic carbocycles. The molecule has 0 bridgehead atoms. The van der Waals surface area contributed by atoms with Crippen molar-refractivity contribution >= 4 is 17.7 Å². The van der Waals surface area contributed by atoms with Crippen molar-refractivity contribution in [1.82, 2.24) is 0 Å². The zero-order chi connectivity index (χ0) is 10.5. The molecule has 1 N–H and O–H groups in total. The first kappa shape index (κ1) is 9.46. The summed E-state index contributed by atoms with van der Waals surface area (Å²) in [6.07, 6.45) is 0.843. The number of aldehydes is 1. The van der Waals surface area contributed by atoms with Crippen molar-refractivity contribution in [3.05, 3.63) is 60.2 Å². The van der Waals surface area contributed by atoms with Crippen LogP contribution in [0.4, 0.5) is 11.4 Å². The lowest BCUT2D eigenvalue weighted by atomic mass is 10.2. The van der Waals surface area contributed by atoms with Crippen molar-refractivity contribution in [3.63, 3.8) is 0 Å². The highest BCUT2D eigenvalue weighted by molar-refractivity contribution is 5.77. The molecule has 2 rings (SSSR count). The van der Waals surface area contributed by atoms with E-state index in [4.69, 9.17) is 0 Å². The van der Waals surface area contributed by atoms with Gasteiger partial charge in [0, 0.05) is 16.9 Å². The largest absolute Gasteiger partial charge is 0.356 e. The summed E-state index contributed by atoms with van der Waals surface area (Å²) in [7, 11) is 0. The van der Waals surface area contributed by atoms with Crippen LogP contribution < -0.4 is 5.32 Å². The van der Waals surface area contributed by atoms with E-state index < -0.39 is 0 Å². The molecule has 0 spiro atoms. The Balaban J connectivity index is 2.21. The maximum atomic E-state index is 10.6. The first-order valence-corrected chi connectivity index (χ1v) is 4.76. The molecule has 0 atom stereocenters. The van der Waals surface area contributed by atoms with Crippen LogP contribution in [0.5, 0.6) is 0 Å². The normalized spacial score (nSPS) is 9.60. The minimum Gasteiger partial charge on any atom is -0.356 e. The third-order valence-electron chi connectivity index (χ3n) is 2.09. The molecule has 2 heteroatoms. The van der Waals surface area contributed by atoms with Gasteiger partial charge in [0.25, 0.3) is 0 Å². The van der Waals surface area contributed by atoms with Crippen LogP contribution in [-0.4, -0.2) is 6.29 Å². The van der Waals surface area contributed by atoms with Gasteiger partial charge in [0.2, 0.25) is 0 Å². The quantitative estimate of drug-likeness (QED) is 0.765.